The molecule has 1 aromatic carbocycles. The summed E-state index contributed by atoms with van der Waals surface area (Å²) in [5.74, 6) is 1.24. The molecule has 6 rings (SSSR count). The maximum atomic E-state index is 15.5. The molecule has 0 bridgehead atoms. The Labute approximate surface area is 246 Å². The third kappa shape index (κ3) is 6.02. The lowest BCUT2D eigenvalue weighted by atomic mass is 10.1. The van der Waals surface area contributed by atoms with Gasteiger partial charge in [0, 0.05) is 43.5 Å². The zero-order valence-corrected chi connectivity index (χ0v) is 23.9. The van der Waals surface area contributed by atoms with Gasteiger partial charge in [0.1, 0.15) is 35.2 Å². The molecular formula is C30H29FN10O2. The number of likely N-dealkylation sites (N-methyl/N-ethyl adjacent to an activating group) is 1. The maximum Gasteiger partial charge on any atom is 0.246 e. The van der Waals surface area contributed by atoms with Crippen molar-refractivity contribution in [2.75, 3.05) is 39.0 Å². The predicted molar refractivity (Wildman–Crippen MR) is 159 cm³/mol. The molecule has 5 heterocycles. The second-order valence-electron chi connectivity index (χ2n) is 10.3. The highest BCUT2D eigenvalue weighted by atomic mass is 19.1. The molecule has 12 nitrogen and oxygen atoms in total. The van der Waals surface area contributed by atoms with E-state index in [4.69, 9.17) is 9.72 Å². The van der Waals surface area contributed by atoms with Crippen LogP contribution in [0.15, 0.2) is 67.5 Å². The van der Waals surface area contributed by atoms with Crippen LogP contribution in [0.4, 0.5) is 15.9 Å². The van der Waals surface area contributed by atoms with Crippen LogP contribution in [0.25, 0.3) is 22.3 Å². The summed E-state index contributed by atoms with van der Waals surface area (Å²) in [7, 11) is 3.90. The molecule has 1 amide bonds. The fraction of sp³-hybridized carbons (Fsp3) is 0.233. The number of halogens is 1. The van der Waals surface area contributed by atoms with Gasteiger partial charge in [-0.2, -0.15) is 5.10 Å². The average molecular weight is 581 g/mol. The van der Waals surface area contributed by atoms with E-state index in [-0.39, 0.29) is 11.6 Å². The highest BCUT2D eigenvalue weighted by Crippen LogP contribution is 2.33. The second-order valence-corrected chi connectivity index (χ2v) is 10.3. The van der Waals surface area contributed by atoms with Crippen molar-refractivity contribution < 1.29 is 13.9 Å². The summed E-state index contributed by atoms with van der Waals surface area (Å²) in [4.78, 5) is 38.3. The summed E-state index contributed by atoms with van der Waals surface area (Å²) in [6.07, 6.45) is 12.2. The van der Waals surface area contributed by atoms with Gasteiger partial charge in [0.15, 0.2) is 23.1 Å². The fourth-order valence-corrected chi connectivity index (χ4v) is 4.63. The summed E-state index contributed by atoms with van der Waals surface area (Å²) >= 11 is 0. The predicted octanol–water partition coefficient (Wildman–Crippen LogP) is 4.18. The Morgan fingerprint density at radius 3 is 2.86 bits per heavy atom. The Morgan fingerprint density at radius 1 is 1.16 bits per heavy atom. The smallest absolute Gasteiger partial charge is 0.246 e. The van der Waals surface area contributed by atoms with Gasteiger partial charge in [-0.15, -0.1) is 0 Å². The number of rotatable bonds is 8. The molecule has 218 valence electrons. The minimum absolute atomic E-state index is 0.0263. The molecule has 0 saturated heterocycles. The molecule has 5 aromatic rings. The van der Waals surface area contributed by atoms with E-state index in [1.54, 1.807) is 59.1 Å². The maximum absolute atomic E-state index is 15.5. The highest BCUT2D eigenvalue weighted by Gasteiger charge is 2.19. The largest absolute Gasteiger partial charge is 0.457 e. The first kappa shape index (κ1) is 27.8. The first-order valence-corrected chi connectivity index (χ1v) is 13.7. The molecule has 1 aliphatic rings. The number of nitrogens with zero attached hydrogens (tertiary/aromatic N) is 9. The minimum atomic E-state index is -0.485. The molecule has 0 unspecified atom stereocenters. The Balaban J connectivity index is 1.20. The van der Waals surface area contributed by atoms with E-state index < -0.39 is 5.82 Å². The molecule has 0 atom stereocenters. The number of carbonyl (C=O) groups excluding carboxylic acids is 1. The molecule has 0 spiro atoms. The summed E-state index contributed by atoms with van der Waals surface area (Å²) in [6.45, 7) is 3.36. The molecule has 4 aromatic heterocycles. The Bertz CT molecular complexity index is 1880. The summed E-state index contributed by atoms with van der Waals surface area (Å²) in [5, 5.41) is 7.14. The molecule has 0 radical (unpaired) electrons. The van der Waals surface area contributed by atoms with Gasteiger partial charge in [0.25, 0.3) is 0 Å². The Kier molecular flexibility index (Phi) is 7.71. The first-order chi connectivity index (χ1) is 20.9. The van der Waals surface area contributed by atoms with Crippen LogP contribution >= 0.6 is 0 Å². The van der Waals surface area contributed by atoms with Crippen LogP contribution in [0.2, 0.25) is 0 Å². The lowest BCUT2D eigenvalue weighted by molar-refractivity contribution is -0.125. The van der Waals surface area contributed by atoms with Crippen LogP contribution in [0.5, 0.6) is 11.5 Å². The quantitative estimate of drug-likeness (QED) is 0.267. The van der Waals surface area contributed by atoms with Gasteiger partial charge in [-0.1, -0.05) is 12.2 Å². The second kappa shape index (κ2) is 11.9. The fourth-order valence-electron chi connectivity index (χ4n) is 4.63. The van der Waals surface area contributed by atoms with Crippen LogP contribution < -0.4 is 10.1 Å². The lowest BCUT2D eigenvalue weighted by Crippen LogP contribution is -2.33. The monoisotopic (exact) mass is 580 g/mol. The number of anilines is 2. The van der Waals surface area contributed by atoms with E-state index in [0.717, 1.165) is 5.57 Å². The van der Waals surface area contributed by atoms with Gasteiger partial charge >= 0.3 is 0 Å². The van der Waals surface area contributed by atoms with E-state index in [1.807, 2.05) is 31.1 Å². The van der Waals surface area contributed by atoms with Crippen molar-refractivity contribution in [3.63, 3.8) is 0 Å². The number of benzene rings is 1. The number of carbonyl (C=O) groups is 1. The van der Waals surface area contributed by atoms with Crippen molar-refractivity contribution in [2.45, 2.75) is 13.3 Å². The number of pyridine rings is 1. The minimum Gasteiger partial charge on any atom is -0.457 e. The number of amides is 1. The number of fused-ring (bicyclic) bond motifs is 2. The summed E-state index contributed by atoms with van der Waals surface area (Å²) in [6, 6.07) is 6.73. The number of ether oxygens (including phenoxy) is 1. The van der Waals surface area contributed by atoms with Crippen molar-refractivity contribution in [3.8, 4) is 11.5 Å². The third-order valence-corrected chi connectivity index (χ3v) is 6.99. The Hall–Kier alpha value is -5.30. The van der Waals surface area contributed by atoms with Gasteiger partial charge in [0.2, 0.25) is 5.91 Å². The third-order valence-electron chi connectivity index (χ3n) is 6.99. The van der Waals surface area contributed by atoms with Crippen LogP contribution in [0.1, 0.15) is 17.8 Å². The van der Waals surface area contributed by atoms with E-state index >= 15 is 4.39 Å². The normalized spacial score (nSPS) is 13.7. The van der Waals surface area contributed by atoms with Gasteiger partial charge in [-0.3, -0.25) is 4.79 Å². The lowest BCUT2D eigenvalue weighted by Gasteiger charge is -2.25. The van der Waals surface area contributed by atoms with Crippen LogP contribution in [0.3, 0.4) is 0 Å². The Morgan fingerprint density at radius 2 is 2.05 bits per heavy atom. The van der Waals surface area contributed by atoms with Crippen LogP contribution in [-0.4, -0.2) is 84.0 Å². The van der Waals surface area contributed by atoms with Crippen molar-refractivity contribution >= 4 is 39.7 Å². The van der Waals surface area contributed by atoms with Crippen molar-refractivity contribution in [2.24, 2.45) is 0 Å². The van der Waals surface area contributed by atoms with Gasteiger partial charge in [-0.05, 0) is 51.2 Å². The van der Waals surface area contributed by atoms with Gasteiger partial charge in [-0.25, -0.2) is 33.8 Å². The van der Waals surface area contributed by atoms with E-state index in [2.05, 4.69) is 30.4 Å². The standard InChI is InChI=1S/C30H29FN10O2/c1-19-24(43-21-10-14-41-25(15-21)34-18-36-41)7-6-22(27(19)31)37-30-28-23(33-17-35-30)16-32-29(38-28)20-8-12-40(13-9-20)26(42)5-4-11-39(2)3/h4-8,10,14-18H,9,11-13H2,1-3H3,(H,33,35,37)/b5-4+. The zero-order valence-electron chi connectivity index (χ0n) is 23.9. The summed E-state index contributed by atoms with van der Waals surface area (Å²) < 4.78 is 23.1. The molecule has 0 saturated carbocycles. The van der Waals surface area contributed by atoms with Crippen LogP contribution in [-0.2, 0) is 4.79 Å². The van der Waals surface area contributed by atoms with Crippen molar-refractivity contribution in [1.82, 2.24) is 44.3 Å². The molecule has 13 heteroatoms. The average Bonchev–Trinajstić information content (AvgIpc) is 3.49. The van der Waals surface area contributed by atoms with Gasteiger partial charge in [0.05, 0.1) is 11.9 Å². The van der Waals surface area contributed by atoms with Crippen molar-refractivity contribution in [3.05, 3.63) is 84.7 Å². The summed E-state index contributed by atoms with van der Waals surface area (Å²) in [5.41, 5.74) is 3.05. The molecule has 1 N–H and O–H groups in total. The van der Waals surface area contributed by atoms with E-state index in [0.29, 0.717) is 71.4 Å². The highest BCUT2D eigenvalue weighted by molar-refractivity contribution is 5.89. The van der Waals surface area contributed by atoms with Gasteiger partial charge < -0.3 is 19.9 Å². The van der Waals surface area contributed by atoms with E-state index in [9.17, 15) is 4.79 Å². The molecule has 0 aliphatic carbocycles. The number of hydrogen-bond donors (Lipinski definition) is 1. The molecule has 0 fully saturated rings. The van der Waals surface area contributed by atoms with Crippen molar-refractivity contribution in [1.29, 1.82) is 0 Å². The molecule has 1 aliphatic heterocycles. The number of aromatic nitrogens is 7. The first-order valence-electron chi connectivity index (χ1n) is 13.7. The number of hydrogen-bond acceptors (Lipinski definition) is 10. The molecule has 43 heavy (non-hydrogen) atoms. The SMILES string of the molecule is Cc1c(Oc2ccn3ncnc3c2)ccc(Nc2ncnc3cnc(C4=CCN(C(=O)/C=C/CN(C)C)CC4)nc23)c1F. The van der Waals surface area contributed by atoms with Crippen LogP contribution in [0, 0.1) is 12.7 Å². The molecular weight excluding hydrogens is 551 g/mol. The topological polar surface area (TPSA) is 127 Å². The number of nitrogens with one attached hydrogen (secondary N) is 1. The zero-order chi connectivity index (χ0) is 29.9. The van der Waals surface area contributed by atoms with E-state index in [1.165, 1.54) is 12.7 Å².